The number of halogens is 1. The van der Waals surface area contributed by atoms with E-state index in [1.165, 1.54) is 50.5 Å². The number of benzene rings is 1. The molecule has 6 nitrogen and oxygen atoms in total. The monoisotopic (exact) mass is 524 g/mol. The quantitative estimate of drug-likeness (QED) is 0.223. The minimum atomic E-state index is 0. The highest BCUT2D eigenvalue weighted by molar-refractivity contribution is 14.0. The first-order valence-corrected chi connectivity index (χ1v) is 11.1. The van der Waals surface area contributed by atoms with E-state index in [9.17, 15) is 0 Å². The second kappa shape index (κ2) is 12.9. The zero-order valence-corrected chi connectivity index (χ0v) is 20.9. The van der Waals surface area contributed by atoms with E-state index in [-0.39, 0.29) is 30.0 Å². The normalized spacial score (nSPS) is 16.0. The van der Waals surface area contributed by atoms with E-state index in [1.807, 2.05) is 24.6 Å². The van der Waals surface area contributed by atoms with Gasteiger partial charge in [-0.25, -0.2) is 4.99 Å². The fraction of sp³-hybridized carbons (Fsp3) is 0.609. The first kappa shape index (κ1) is 24.6. The Kier molecular flexibility index (Phi) is 10.6. The van der Waals surface area contributed by atoms with Crippen molar-refractivity contribution in [3.05, 3.63) is 47.5 Å². The molecule has 1 aliphatic carbocycles. The van der Waals surface area contributed by atoms with Crippen LogP contribution in [0.15, 0.2) is 35.3 Å². The van der Waals surface area contributed by atoms with Gasteiger partial charge in [0.15, 0.2) is 11.8 Å². The third-order valence-corrected chi connectivity index (χ3v) is 6.02. The topological polar surface area (TPSA) is 67.1 Å². The maximum absolute atomic E-state index is 4.79. The first-order chi connectivity index (χ1) is 14.1. The molecule has 1 fully saturated rings. The number of rotatable bonds is 8. The summed E-state index contributed by atoms with van der Waals surface area (Å²) in [5.41, 5.74) is 1.25. The molecule has 2 aromatic rings. The number of hydrogen-bond donors (Lipinski definition) is 2. The van der Waals surface area contributed by atoms with Crippen molar-refractivity contribution in [1.29, 1.82) is 0 Å². The van der Waals surface area contributed by atoms with Crippen LogP contribution in [-0.4, -0.2) is 27.3 Å². The molecule has 1 saturated carbocycles. The Morgan fingerprint density at radius 3 is 2.57 bits per heavy atom. The summed E-state index contributed by atoms with van der Waals surface area (Å²) in [5, 5.41) is 15.5. The minimum Gasteiger partial charge on any atom is -0.356 e. The van der Waals surface area contributed by atoms with Crippen molar-refractivity contribution in [2.45, 2.75) is 71.4 Å². The fourth-order valence-electron chi connectivity index (χ4n) is 3.99. The molecule has 1 aliphatic rings. The lowest BCUT2D eigenvalue weighted by Gasteiger charge is -2.22. The van der Waals surface area contributed by atoms with Gasteiger partial charge in [-0.15, -0.1) is 34.2 Å². The van der Waals surface area contributed by atoms with Crippen molar-refractivity contribution in [3.8, 4) is 0 Å². The summed E-state index contributed by atoms with van der Waals surface area (Å²) in [5.74, 6) is 3.54. The van der Waals surface area contributed by atoms with Gasteiger partial charge in [0.2, 0.25) is 0 Å². The molecule has 1 heterocycles. The van der Waals surface area contributed by atoms with Crippen LogP contribution in [0.4, 0.5) is 0 Å². The van der Waals surface area contributed by atoms with Crippen LogP contribution in [0, 0.1) is 12.8 Å². The van der Waals surface area contributed by atoms with Crippen molar-refractivity contribution in [3.63, 3.8) is 0 Å². The summed E-state index contributed by atoms with van der Waals surface area (Å²) in [6, 6.07) is 10.7. The third kappa shape index (κ3) is 7.56. The minimum absolute atomic E-state index is 0. The lowest BCUT2D eigenvalue weighted by Crippen LogP contribution is -2.39. The van der Waals surface area contributed by atoms with Gasteiger partial charge in [-0.05, 0) is 38.2 Å². The lowest BCUT2D eigenvalue weighted by molar-refractivity contribution is 0.332. The molecule has 0 bridgehead atoms. The Labute approximate surface area is 198 Å². The van der Waals surface area contributed by atoms with Crippen LogP contribution in [0.3, 0.4) is 0 Å². The highest BCUT2D eigenvalue weighted by Gasteiger charge is 2.13. The van der Waals surface area contributed by atoms with E-state index in [4.69, 9.17) is 4.99 Å². The summed E-state index contributed by atoms with van der Waals surface area (Å²) in [6.45, 7) is 5.58. The van der Waals surface area contributed by atoms with Crippen LogP contribution in [-0.2, 0) is 13.6 Å². The van der Waals surface area contributed by atoms with Crippen LogP contribution in [0.1, 0.15) is 75.1 Å². The molecule has 166 valence electrons. The lowest BCUT2D eigenvalue weighted by atomic mass is 9.86. The molecule has 1 aromatic carbocycles. The summed E-state index contributed by atoms with van der Waals surface area (Å²) < 4.78 is 1.99. The van der Waals surface area contributed by atoms with E-state index in [2.05, 4.69) is 52.0 Å². The Balaban J connectivity index is 0.00000320. The van der Waals surface area contributed by atoms with Gasteiger partial charge in [0.25, 0.3) is 0 Å². The Morgan fingerprint density at radius 1 is 1.17 bits per heavy atom. The standard InChI is InChI=1S/C23H36N6.HI/c1-18(21-14-8-5-9-15-21)26-23(25-17-22-28-27-19(2)29(22)3)24-16-10-13-20-11-6-4-7-12-20;/h5,8-9,14-15,18,20H,4,6-7,10-13,16-17H2,1-3H3,(H2,24,25,26);1H. The van der Waals surface area contributed by atoms with Crippen molar-refractivity contribution < 1.29 is 0 Å². The second-order valence-electron chi connectivity index (χ2n) is 8.24. The predicted octanol–water partition coefficient (Wildman–Crippen LogP) is 4.90. The van der Waals surface area contributed by atoms with Crippen LogP contribution >= 0.6 is 24.0 Å². The number of nitrogens with one attached hydrogen (secondary N) is 2. The summed E-state index contributed by atoms with van der Waals surface area (Å²) in [4.78, 5) is 4.79. The number of nitrogens with zero attached hydrogens (tertiary/aromatic N) is 4. The fourth-order valence-corrected chi connectivity index (χ4v) is 3.99. The van der Waals surface area contributed by atoms with E-state index in [1.54, 1.807) is 0 Å². The molecule has 0 amide bonds. The summed E-state index contributed by atoms with van der Waals surface area (Å²) >= 11 is 0. The van der Waals surface area contributed by atoms with Gasteiger partial charge < -0.3 is 15.2 Å². The van der Waals surface area contributed by atoms with Crippen molar-refractivity contribution >= 4 is 29.9 Å². The second-order valence-corrected chi connectivity index (χ2v) is 8.24. The highest BCUT2D eigenvalue weighted by atomic mass is 127. The van der Waals surface area contributed by atoms with Gasteiger partial charge in [0, 0.05) is 13.6 Å². The Hall–Kier alpha value is -1.64. The van der Waals surface area contributed by atoms with Crippen LogP contribution in [0.2, 0.25) is 0 Å². The molecule has 1 aromatic heterocycles. The molecule has 0 radical (unpaired) electrons. The van der Waals surface area contributed by atoms with E-state index in [0.717, 1.165) is 30.1 Å². The molecular weight excluding hydrogens is 487 g/mol. The van der Waals surface area contributed by atoms with Crippen LogP contribution < -0.4 is 10.6 Å². The number of aromatic nitrogens is 3. The van der Waals surface area contributed by atoms with Crippen molar-refractivity contribution in [2.75, 3.05) is 6.54 Å². The molecule has 30 heavy (non-hydrogen) atoms. The average Bonchev–Trinajstić information content (AvgIpc) is 3.08. The first-order valence-electron chi connectivity index (χ1n) is 11.1. The van der Waals surface area contributed by atoms with E-state index in [0.29, 0.717) is 6.54 Å². The van der Waals surface area contributed by atoms with E-state index < -0.39 is 0 Å². The molecule has 7 heteroatoms. The van der Waals surface area contributed by atoms with Gasteiger partial charge in [-0.1, -0.05) is 62.4 Å². The van der Waals surface area contributed by atoms with Gasteiger partial charge in [0.1, 0.15) is 12.4 Å². The molecule has 0 spiro atoms. The molecule has 1 unspecified atom stereocenters. The molecule has 0 aliphatic heterocycles. The largest absolute Gasteiger partial charge is 0.356 e. The highest BCUT2D eigenvalue weighted by Crippen LogP contribution is 2.26. The third-order valence-electron chi connectivity index (χ3n) is 6.02. The molecule has 0 saturated heterocycles. The number of hydrogen-bond acceptors (Lipinski definition) is 3. The van der Waals surface area contributed by atoms with Crippen LogP contribution in [0.25, 0.3) is 0 Å². The SMILES string of the molecule is Cc1nnc(CN=C(NCCCC2CCCCC2)NC(C)c2ccccc2)n1C.I. The maximum atomic E-state index is 4.79. The Morgan fingerprint density at radius 2 is 1.90 bits per heavy atom. The van der Waals surface area contributed by atoms with Gasteiger partial charge >= 0.3 is 0 Å². The number of aliphatic imine (C=N–C) groups is 1. The van der Waals surface area contributed by atoms with Gasteiger partial charge in [0.05, 0.1) is 6.04 Å². The van der Waals surface area contributed by atoms with E-state index >= 15 is 0 Å². The maximum Gasteiger partial charge on any atom is 0.192 e. The van der Waals surface area contributed by atoms with Gasteiger partial charge in [-0.3, -0.25) is 0 Å². The average molecular weight is 524 g/mol. The van der Waals surface area contributed by atoms with Crippen molar-refractivity contribution in [1.82, 2.24) is 25.4 Å². The molecule has 3 rings (SSSR count). The molecule has 2 N–H and O–H groups in total. The molecule has 1 atom stereocenters. The number of aryl methyl sites for hydroxylation is 1. The van der Waals surface area contributed by atoms with Crippen LogP contribution in [0.5, 0.6) is 0 Å². The predicted molar refractivity (Wildman–Crippen MR) is 134 cm³/mol. The zero-order valence-electron chi connectivity index (χ0n) is 18.6. The van der Waals surface area contributed by atoms with Gasteiger partial charge in [-0.2, -0.15) is 0 Å². The summed E-state index contributed by atoms with van der Waals surface area (Å²) in [6.07, 6.45) is 9.58. The molecular formula is C23H37IN6. The smallest absolute Gasteiger partial charge is 0.192 e. The Bertz CT molecular complexity index is 767. The van der Waals surface area contributed by atoms with Crippen molar-refractivity contribution in [2.24, 2.45) is 18.0 Å². The zero-order chi connectivity index (χ0) is 20.5. The number of guanidine groups is 1. The summed E-state index contributed by atoms with van der Waals surface area (Å²) in [7, 11) is 1.98.